The van der Waals surface area contributed by atoms with E-state index in [1.54, 1.807) is 41.8 Å². The minimum atomic E-state index is -0.223. The lowest BCUT2D eigenvalue weighted by molar-refractivity contribution is -0.117. The van der Waals surface area contributed by atoms with Crippen LogP contribution in [0.4, 0.5) is 11.4 Å². The Morgan fingerprint density at radius 2 is 2.08 bits per heavy atom. The maximum atomic E-state index is 12.5. The molecule has 0 bridgehead atoms. The van der Waals surface area contributed by atoms with Gasteiger partial charge in [-0.3, -0.25) is 14.3 Å². The van der Waals surface area contributed by atoms with Crippen LogP contribution in [0.1, 0.15) is 34.6 Å². The fraction of sp³-hybridized carbons (Fsp3) is 0.353. The highest BCUT2D eigenvalue weighted by atomic mass is 35.5. The van der Waals surface area contributed by atoms with Gasteiger partial charge < -0.3 is 10.2 Å². The molecule has 2 amide bonds. The third-order valence-corrected chi connectivity index (χ3v) is 4.61. The molecule has 1 saturated heterocycles. The van der Waals surface area contributed by atoms with Gasteiger partial charge in [0.15, 0.2) is 0 Å². The molecule has 0 unspecified atom stereocenters. The molecule has 1 fully saturated rings. The van der Waals surface area contributed by atoms with E-state index in [1.165, 1.54) is 0 Å². The Kier molecular flexibility index (Phi) is 4.32. The van der Waals surface area contributed by atoms with Crippen LogP contribution in [0.15, 0.2) is 18.2 Å². The number of amides is 2. The molecule has 7 heteroatoms. The number of aryl methyl sites for hydroxylation is 2. The summed E-state index contributed by atoms with van der Waals surface area (Å²) in [5, 5.41) is 7.54. The van der Waals surface area contributed by atoms with E-state index in [4.69, 9.17) is 11.6 Å². The highest BCUT2D eigenvalue weighted by Crippen LogP contribution is 2.32. The molecular formula is C17H19ClN4O2. The van der Waals surface area contributed by atoms with E-state index >= 15 is 0 Å². The van der Waals surface area contributed by atoms with E-state index in [2.05, 4.69) is 10.4 Å². The number of benzene rings is 1. The highest BCUT2D eigenvalue weighted by Gasteiger charge is 2.24. The quantitative estimate of drug-likeness (QED) is 0.928. The van der Waals surface area contributed by atoms with Crippen molar-refractivity contribution < 1.29 is 9.59 Å². The number of nitrogens with one attached hydrogen (secondary N) is 1. The standard InChI is InChI=1S/C17H19ClN4O2/c1-10-16(11(2)21(3)20-10)17(24)19-12-6-7-14(13(18)9-12)22-8-4-5-15(22)23/h6-7,9H,4-5,8H2,1-3H3,(H,19,24). The van der Waals surface area contributed by atoms with Crippen LogP contribution in [-0.4, -0.2) is 28.1 Å². The number of aromatic nitrogens is 2. The van der Waals surface area contributed by atoms with Gasteiger partial charge in [-0.05, 0) is 38.5 Å². The minimum absolute atomic E-state index is 0.0790. The average Bonchev–Trinajstić information content (AvgIpc) is 3.03. The Morgan fingerprint density at radius 1 is 1.33 bits per heavy atom. The molecule has 1 aliphatic heterocycles. The van der Waals surface area contributed by atoms with Gasteiger partial charge in [-0.15, -0.1) is 0 Å². The summed E-state index contributed by atoms with van der Waals surface area (Å²) in [6.45, 7) is 4.33. The Labute approximate surface area is 145 Å². The zero-order valence-corrected chi connectivity index (χ0v) is 14.6. The van der Waals surface area contributed by atoms with Crippen molar-refractivity contribution in [2.75, 3.05) is 16.8 Å². The average molecular weight is 347 g/mol. The van der Waals surface area contributed by atoms with Crippen LogP contribution in [0.3, 0.4) is 0 Å². The molecule has 24 heavy (non-hydrogen) atoms. The Morgan fingerprint density at radius 3 is 2.62 bits per heavy atom. The number of halogens is 1. The van der Waals surface area contributed by atoms with Crippen molar-refractivity contribution in [1.29, 1.82) is 0 Å². The summed E-state index contributed by atoms with van der Waals surface area (Å²) < 4.78 is 1.68. The molecule has 1 aromatic heterocycles. The largest absolute Gasteiger partial charge is 0.322 e. The lowest BCUT2D eigenvalue weighted by Crippen LogP contribution is -2.24. The second-order valence-corrected chi connectivity index (χ2v) is 6.35. The van der Waals surface area contributed by atoms with Crippen molar-refractivity contribution in [3.8, 4) is 0 Å². The first-order valence-corrected chi connectivity index (χ1v) is 8.17. The van der Waals surface area contributed by atoms with Gasteiger partial charge >= 0.3 is 0 Å². The Balaban J connectivity index is 1.82. The van der Waals surface area contributed by atoms with Crippen LogP contribution in [0.5, 0.6) is 0 Å². The van der Waals surface area contributed by atoms with E-state index in [0.717, 1.165) is 12.1 Å². The maximum Gasteiger partial charge on any atom is 0.259 e. The first-order chi connectivity index (χ1) is 11.4. The number of carbonyl (C=O) groups excluding carboxylic acids is 2. The lowest BCUT2D eigenvalue weighted by Gasteiger charge is -2.18. The number of hydrogen-bond acceptors (Lipinski definition) is 3. The summed E-state index contributed by atoms with van der Waals surface area (Å²) in [4.78, 5) is 26.0. The predicted octanol–water partition coefficient (Wildman–Crippen LogP) is 3.07. The number of anilines is 2. The van der Waals surface area contributed by atoms with E-state index in [0.29, 0.717) is 40.6 Å². The van der Waals surface area contributed by atoms with Crippen molar-refractivity contribution in [3.05, 3.63) is 40.2 Å². The lowest BCUT2D eigenvalue weighted by atomic mass is 10.1. The van der Waals surface area contributed by atoms with Crippen LogP contribution in [0.25, 0.3) is 0 Å². The molecule has 0 radical (unpaired) electrons. The number of nitrogens with zero attached hydrogens (tertiary/aromatic N) is 3. The van der Waals surface area contributed by atoms with Crippen LogP contribution in [0, 0.1) is 13.8 Å². The minimum Gasteiger partial charge on any atom is -0.322 e. The smallest absolute Gasteiger partial charge is 0.259 e. The molecule has 0 atom stereocenters. The Bertz CT molecular complexity index is 828. The summed E-state index contributed by atoms with van der Waals surface area (Å²) in [6, 6.07) is 5.19. The van der Waals surface area contributed by atoms with Gasteiger partial charge in [0.2, 0.25) is 5.91 Å². The van der Waals surface area contributed by atoms with Crippen LogP contribution >= 0.6 is 11.6 Å². The van der Waals surface area contributed by atoms with E-state index in [9.17, 15) is 9.59 Å². The summed E-state index contributed by atoms with van der Waals surface area (Å²) in [6.07, 6.45) is 1.39. The summed E-state index contributed by atoms with van der Waals surface area (Å²) in [7, 11) is 1.80. The second kappa shape index (κ2) is 6.28. The predicted molar refractivity (Wildman–Crippen MR) is 93.7 cm³/mol. The summed E-state index contributed by atoms with van der Waals surface area (Å²) >= 11 is 6.31. The zero-order chi connectivity index (χ0) is 17.4. The normalized spacial score (nSPS) is 14.3. The molecule has 0 saturated carbocycles. The van der Waals surface area contributed by atoms with Gasteiger partial charge in [0.25, 0.3) is 5.91 Å². The SMILES string of the molecule is Cc1nn(C)c(C)c1C(=O)Nc1ccc(N2CCCC2=O)c(Cl)c1. The van der Waals surface area contributed by atoms with Crippen LogP contribution in [-0.2, 0) is 11.8 Å². The number of hydrogen-bond donors (Lipinski definition) is 1. The van der Waals surface area contributed by atoms with Gasteiger partial charge in [0.05, 0.1) is 22.0 Å². The molecule has 3 rings (SSSR count). The molecule has 2 heterocycles. The molecule has 1 aromatic carbocycles. The third-order valence-electron chi connectivity index (χ3n) is 4.31. The number of carbonyl (C=O) groups is 2. The first kappa shape index (κ1) is 16.5. The molecule has 1 aliphatic rings. The molecule has 6 nitrogen and oxygen atoms in total. The molecule has 1 N–H and O–H groups in total. The van der Waals surface area contributed by atoms with Crippen molar-refractivity contribution in [2.24, 2.45) is 7.05 Å². The summed E-state index contributed by atoms with van der Waals surface area (Å²) in [5.74, 6) is -0.144. The second-order valence-electron chi connectivity index (χ2n) is 5.94. The van der Waals surface area contributed by atoms with Gasteiger partial charge in [0.1, 0.15) is 0 Å². The first-order valence-electron chi connectivity index (χ1n) is 7.80. The zero-order valence-electron chi connectivity index (χ0n) is 13.9. The molecule has 2 aromatic rings. The van der Waals surface area contributed by atoms with Crippen LogP contribution in [0.2, 0.25) is 5.02 Å². The fourth-order valence-corrected chi connectivity index (χ4v) is 3.28. The van der Waals surface area contributed by atoms with E-state index < -0.39 is 0 Å². The van der Waals surface area contributed by atoms with Gasteiger partial charge in [0, 0.05) is 31.4 Å². The molecule has 0 spiro atoms. The van der Waals surface area contributed by atoms with Crippen LogP contribution < -0.4 is 10.2 Å². The third kappa shape index (κ3) is 2.89. The summed E-state index contributed by atoms with van der Waals surface area (Å²) in [5.41, 5.74) is 3.31. The topological polar surface area (TPSA) is 67.2 Å². The van der Waals surface area contributed by atoms with Crippen molar-refractivity contribution in [2.45, 2.75) is 26.7 Å². The Hall–Kier alpha value is -2.34. The van der Waals surface area contributed by atoms with Crippen molar-refractivity contribution in [1.82, 2.24) is 9.78 Å². The fourth-order valence-electron chi connectivity index (χ4n) is 3.00. The molecule has 126 valence electrons. The van der Waals surface area contributed by atoms with Crippen molar-refractivity contribution in [3.63, 3.8) is 0 Å². The maximum absolute atomic E-state index is 12.5. The van der Waals surface area contributed by atoms with Gasteiger partial charge in [-0.2, -0.15) is 5.10 Å². The monoisotopic (exact) mass is 346 g/mol. The number of rotatable bonds is 3. The van der Waals surface area contributed by atoms with Crippen molar-refractivity contribution >= 4 is 34.8 Å². The van der Waals surface area contributed by atoms with E-state index in [-0.39, 0.29) is 11.8 Å². The van der Waals surface area contributed by atoms with Gasteiger partial charge in [-0.1, -0.05) is 11.6 Å². The highest BCUT2D eigenvalue weighted by molar-refractivity contribution is 6.34. The molecule has 0 aliphatic carbocycles. The van der Waals surface area contributed by atoms with E-state index in [1.807, 2.05) is 6.92 Å². The molecular weight excluding hydrogens is 328 g/mol. The van der Waals surface area contributed by atoms with Gasteiger partial charge in [-0.25, -0.2) is 0 Å².